The van der Waals surface area contributed by atoms with Gasteiger partial charge >= 0.3 is 0 Å². The van der Waals surface area contributed by atoms with Gasteiger partial charge in [0.15, 0.2) is 0 Å². The van der Waals surface area contributed by atoms with Crippen molar-refractivity contribution in [2.45, 2.75) is 45.1 Å². The standard InChI is InChI=1S/C27H30ClN3O4S/c1-5-19(3)29-27(33)22-9-6-7-11-24(22)30-26(32)17-31(25-12-8-10-23(28)20(25)4)36(34,35)21-15-13-18(2)14-16-21/h6-16,19H,5,17H2,1-4H3,(H,29,33)(H,30,32)/t19-/m1/s1. The van der Waals surface area contributed by atoms with Gasteiger partial charge in [-0.2, -0.15) is 0 Å². The Balaban J connectivity index is 1.96. The molecule has 9 heteroatoms. The van der Waals surface area contributed by atoms with Gasteiger partial charge in [-0.15, -0.1) is 0 Å². The van der Waals surface area contributed by atoms with E-state index in [1.54, 1.807) is 61.5 Å². The molecule has 0 radical (unpaired) electrons. The summed E-state index contributed by atoms with van der Waals surface area (Å²) in [6, 6.07) is 17.9. The fourth-order valence-corrected chi connectivity index (χ4v) is 5.17. The maximum atomic E-state index is 13.7. The molecule has 3 aromatic carbocycles. The zero-order chi connectivity index (χ0) is 26.5. The summed E-state index contributed by atoms with van der Waals surface area (Å²) in [7, 11) is -4.11. The van der Waals surface area contributed by atoms with Gasteiger partial charge in [-0.3, -0.25) is 13.9 Å². The van der Waals surface area contributed by atoms with Crippen molar-refractivity contribution in [2.24, 2.45) is 0 Å². The highest BCUT2D eigenvalue weighted by molar-refractivity contribution is 7.92. The van der Waals surface area contributed by atoms with E-state index in [4.69, 9.17) is 11.6 Å². The minimum atomic E-state index is -4.11. The molecule has 2 N–H and O–H groups in total. The Morgan fingerprint density at radius 1 is 0.972 bits per heavy atom. The molecule has 0 bridgehead atoms. The van der Waals surface area contributed by atoms with E-state index < -0.39 is 22.5 Å². The van der Waals surface area contributed by atoms with Crippen LogP contribution in [0.3, 0.4) is 0 Å². The van der Waals surface area contributed by atoms with Gasteiger partial charge in [0, 0.05) is 11.1 Å². The van der Waals surface area contributed by atoms with Crippen LogP contribution < -0.4 is 14.9 Å². The van der Waals surface area contributed by atoms with Gasteiger partial charge in [0.2, 0.25) is 5.91 Å². The predicted octanol–water partition coefficient (Wildman–Crippen LogP) is 5.32. The number of aryl methyl sites for hydroxylation is 1. The number of anilines is 2. The number of halogens is 1. The van der Waals surface area contributed by atoms with Crippen LogP contribution in [0.4, 0.5) is 11.4 Å². The molecule has 3 rings (SSSR count). The molecule has 0 saturated carbocycles. The molecule has 0 aliphatic heterocycles. The molecule has 7 nitrogen and oxygen atoms in total. The number of sulfonamides is 1. The minimum Gasteiger partial charge on any atom is -0.350 e. The third kappa shape index (κ3) is 6.25. The summed E-state index contributed by atoms with van der Waals surface area (Å²) in [6.45, 7) is 6.89. The predicted molar refractivity (Wildman–Crippen MR) is 144 cm³/mol. The van der Waals surface area contributed by atoms with Gasteiger partial charge in [-0.05, 0) is 69.2 Å². The van der Waals surface area contributed by atoms with Crippen LogP contribution in [0.1, 0.15) is 41.8 Å². The van der Waals surface area contributed by atoms with E-state index in [2.05, 4.69) is 10.6 Å². The van der Waals surface area contributed by atoms with Crippen molar-refractivity contribution in [2.75, 3.05) is 16.2 Å². The van der Waals surface area contributed by atoms with Crippen molar-refractivity contribution in [3.63, 3.8) is 0 Å². The number of benzene rings is 3. The fourth-order valence-electron chi connectivity index (χ4n) is 3.52. The molecule has 36 heavy (non-hydrogen) atoms. The lowest BCUT2D eigenvalue weighted by atomic mass is 10.1. The van der Waals surface area contributed by atoms with Crippen LogP contribution in [-0.4, -0.2) is 32.8 Å². The number of para-hydroxylation sites is 1. The summed E-state index contributed by atoms with van der Waals surface area (Å²) in [5.74, 6) is -0.927. The van der Waals surface area contributed by atoms with Gasteiger partial charge in [0.1, 0.15) is 6.54 Å². The average Bonchev–Trinajstić information content (AvgIpc) is 2.85. The van der Waals surface area contributed by atoms with Crippen molar-refractivity contribution in [3.05, 3.63) is 88.4 Å². The third-order valence-corrected chi connectivity index (χ3v) is 8.02. The summed E-state index contributed by atoms with van der Waals surface area (Å²) in [4.78, 5) is 26.0. The Kier molecular flexibility index (Phi) is 8.76. The van der Waals surface area contributed by atoms with E-state index >= 15 is 0 Å². The van der Waals surface area contributed by atoms with Gasteiger partial charge in [-0.25, -0.2) is 8.42 Å². The number of amides is 2. The molecule has 0 aromatic heterocycles. The maximum Gasteiger partial charge on any atom is 0.264 e. The second-order valence-corrected chi connectivity index (χ2v) is 10.9. The Labute approximate surface area is 217 Å². The summed E-state index contributed by atoms with van der Waals surface area (Å²) in [5.41, 5.74) is 2.30. The molecule has 0 heterocycles. The first-order valence-corrected chi connectivity index (χ1v) is 13.4. The average molecular weight is 528 g/mol. The van der Waals surface area contributed by atoms with Crippen LogP contribution >= 0.6 is 11.6 Å². The van der Waals surface area contributed by atoms with Crippen LogP contribution in [0.5, 0.6) is 0 Å². The number of nitrogens with zero attached hydrogens (tertiary/aromatic N) is 1. The lowest BCUT2D eigenvalue weighted by molar-refractivity contribution is -0.114. The molecule has 0 spiro atoms. The summed E-state index contributed by atoms with van der Waals surface area (Å²) in [6.07, 6.45) is 0.755. The summed E-state index contributed by atoms with van der Waals surface area (Å²) >= 11 is 6.28. The maximum absolute atomic E-state index is 13.7. The molecule has 0 aliphatic carbocycles. The lowest BCUT2D eigenvalue weighted by Gasteiger charge is -2.26. The van der Waals surface area contributed by atoms with Gasteiger partial charge in [-0.1, -0.05) is 54.4 Å². The molecule has 1 atom stereocenters. The molecule has 0 fully saturated rings. The second kappa shape index (κ2) is 11.6. The molecule has 3 aromatic rings. The quantitative estimate of drug-likeness (QED) is 0.393. The zero-order valence-corrected chi connectivity index (χ0v) is 22.3. The van der Waals surface area contributed by atoms with Crippen molar-refractivity contribution in [1.29, 1.82) is 0 Å². The van der Waals surface area contributed by atoms with Crippen molar-refractivity contribution >= 4 is 44.8 Å². The molecule has 0 saturated heterocycles. The highest BCUT2D eigenvalue weighted by atomic mass is 35.5. The Hall–Kier alpha value is -3.36. The van der Waals surface area contributed by atoms with E-state index in [0.717, 1.165) is 16.3 Å². The number of carbonyl (C=O) groups excluding carboxylic acids is 2. The SMILES string of the molecule is CC[C@@H](C)NC(=O)c1ccccc1NC(=O)CN(c1cccc(Cl)c1C)S(=O)(=O)c1ccc(C)cc1. The zero-order valence-electron chi connectivity index (χ0n) is 20.7. The number of nitrogens with one attached hydrogen (secondary N) is 2. The second-order valence-electron chi connectivity index (χ2n) is 8.59. The molecule has 0 unspecified atom stereocenters. The van der Waals surface area contributed by atoms with E-state index in [1.165, 1.54) is 12.1 Å². The molecular formula is C27H30ClN3O4S. The highest BCUT2D eigenvalue weighted by Crippen LogP contribution is 2.31. The number of carbonyl (C=O) groups is 2. The van der Waals surface area contributed by atoms with Gasteiger partial charge < -0.3 is 10.6 Å². The van der Waals surface area contributed by atoms with Crippen molar-refractivity contribution < 1.29 is 18.0 Å². The summed E-state index contributed by atoms with van der Waals surface area (Å²) < 4.78 is 28.4. The van der Waals surface area contributed by atoms with E-state index in [-0.39, 0.29) is 22.4 Å². The van der Waals surface area contributed by atoms with Crippen LogP contribution in [0.25, 0.3) is 0 Å². The first-order chi connectivity index (χ1) is 17.0. The first kappa shape index (κ1) is 27.2. The topological polar surface area (TPSA) is 95.6 Å². The smallest absolute Gasteiger partial charge is 0.264 e. The van der Waals surface area contributed by atoms with Gasteiger partial charge in [0.05, 0.1) is 21.8 Å². The first-order valence-electron chi connectivity index (χ1n) is 11.6. The number of hydrogen-bond acceptors (Lipinski definition) is 4. The van der Waals surface area contributed by atoms with E-state index in [0.29, 0.717) is 22.0 Å². The normalized spacial score (nSPS) is 12.0. The van der Waals surface area contributed by atoms with E-state index in [9.17, 15) is 18.0 Å². The Morgan fingerprint density at radius 2 is 1.64 bits per heavy atom. The molecule has 0 aliphatic rings. The molecule has 2 amide bonds. The van der Waals surface area contributed by atoms with Crippen molar-refractivity contribution in [3.8, 4) is 0 Å². The van der Waals surface area contributed by atoms with Gasteiger partial charge in [0.25, 0.3) is 15.9 Å². The van der Waals surface area contributed by atoms with Crippen LogP contribution in [-0.2, 0) is 14.8 Å². The summed E-state index contributed by atoms with van der Waals surface area (Å²) in [5, 5.41) is 5.97. The lowest BCUT2D eigenvalue weighted by Crippen LogP contribution is -2.39. The Bertz CT molecular complexity index is 1360. The highest BCUT2D eigenvalue weighted by Gasteiger charge is 2.29. The van der Waals surface area contributed by atoms with E-state index in [1.807, 2.05) is 20.8 Å². The number of hydrogen-bond donors (Lipinski definition) is 2. The Morgan fingerprint density at radius 3 is 2.31 bits per heavy atom. The van der Waals surface area contributed by atoms with Crippen LogP contribution in [0.15, 0.2) is 71.6 Å². The van der Waals surface area contributed by atoms with Crippen LogP contribution in [0.2, 0.25) is 5.02 Å². The van der Waals surface area contributed by atoms with Crippen LogP contribution in [0, 0.1) is 13.8 Å². The largest absolute Gasteiger partial charge is 0.350 e. The fraction of sp³-hybridized carbons (Fsp3) is 0.259. The monoisotopic (exact) mass is 527 g/mol. The minimum absolute atomic E-state index is 0.0396. The number of rotatable bonds is 9. The van der Waals surface area contributed by atoms with Crippen molar-refractivity contribution in [1.82, 2.24) is 5.32 Å². The molecular weight excluding hydrogens is 498 g/mol. The third-order valence-electron chi connectivity index (χ3n) is 5.84. The molecule has 190 valence electrons.